The highest BCUT2D eigenvalue weighted by atomic mass is 16.3. The summed E-state index contributed by atoms with van der Waals surface area (Å²) in [5.74, 6) is 2.83. The van der Waals surface area contributed by atoms with Gasteiger partial charge in [-0.2, -0.15) is 10.2 Å². The van der Waals surface area contributed by atoms with E-state index >= 15 is 0 Å². The van der Waals surface area contributed by atoms with Crippen LogP contribution in [0.15, 0.2) is 40.2 Å². The van der Waals surface area contributed by atoms with Crippen LogP contribution in [0.4, 0.5) is 0 Å². The minimum absolute atomic E-state index is 0.568. The predicted octanol–water partition coefficient (Wildman–Crippen LogP) is 1.05. The van der Waals surface area contributed by atoms with Crippen molar-refractivity contribution in [2.75, 3.05) is 20.6 Å². The molecule has 2 N–H and O–H groups in total. The van der Waals surface area contributed by atoms with Crippen LogP contribution < -0.4 is 5.32 Å². The topological polar surface area (TPSA) is 100 Å². The molecular weight excluding hydrogens is 320 g/mol. The number of aryl methyl sites for hydroxylation is 1. The minimum atomic E-state index is 0.568. The molecule has 9 nitrogen and oxygen atoms in total. The third-order valence-corrected chi connectivity index (χ3v) is 3.67. The van der Waals surface area contributed by atoms with Gasteiger partial charge in [0.25, 0.3) is 0 Å². The molecule has 3 heterocycles. The molecule has 0 aliphatic carbocycles. The third-order valence-electron chi connectivity index (χ3n) is 3.67. The molecule has 3 rings (SSSR count). The quantitative estimate of drug-likeness (QED) is 0.513. The van der Waals surface area contributed by atoms with Gasteiger partial charge >= 0.3 is 0 Å². The van der Waals surface area contributed by atoms with Crippen molar-refractivity contribution in [2.45, 2.75) is 13.0 Å². The Labute approximate surface area is 145 Å². The highest BCUT2D eigenvalue weighted by Crippen LogP contribution is 2.14. The summed E-state index contributed by atoms with van der Waals surface area (Å²) < 4.78 is 7.08. The summed E-state index contributed by atoms with van der Waals surface area (Å²) in [7, 11) is 5.67. The van der Waals surface area contributed by atoms with Gasteiger partial charge in [-0.15, -0.1) is 0 Å². The molecule has 132 valence electrons. The van der Waals surface area contributed by atoms with Crippen molar-refractivity contribution >= 4 is 5.96 Å². The van der Waals surface area contributed by atoms with Gasteiger partial charge in [0.15, 0.2) is 11.7 Å². The van der Waals surface area contributed by atoms with Crippen LogP contribution in [-0.2, 0) is 20.0 Å². The second-order valence-corrected chi connectivity index (χ2v) is 5.69. The number of hydrogen-bond acceptors (Lipinski definition) is 5. The second-order valence-electron chi connectivity index (χ2n) is 5.69. The van der Waals surface area contributed by atoms with Gasteiger partial charge < -0.3 is 14.6 Å². The molecule has 0 aliphatic rings. The molecule has 0 aromatic carbocycles. The van der Waals surface area contributed by atoms with Gasteiger partial charge in [0.2, 0.25) is 5.82 Å². The summed E-state index contributed by atoms with van der Waals surface area (Å²) in [5.41, 5.74) is 1.13. The smallest absolute Gasteiger partial charge is 0.216 e. The lowest BCUT2D eigenvalue weighted by Crippen LogP contribution is -2.39. The maximum Gasteiger partial charge on any atom is 0.216 e. The molecule has 0 saturated carbocycles. The Balaban J connectivity index is 1.50. The van der Waals surface area contributed by atoms with E-state index in [1.165, 1.54) is 0 Å². The molecule has 0 saturated heterocycles. The number of aromatic nitrogens is 5. The molecule has 0 radical (unpaired) electrons. The SMILES string of the molecule is CN=C(NCCc1nc(-c2ccco2)n[nH]1)N(C)Cc1cnn(C)c1. The first-order valence-corrected chi connectivity index (χ1v) is 8.00. The Hall–Kier alpha value is -3.10. The summed E-state index contributed by atoms with van der Waals surface area (Å²) >= 11 is 0. The first-order valence-electron chi connectivity index (χ1n) is 8.00. The Kier molecular flexibility index (Phi) is 5.12. The lowest BCUT2D eigenvalue weighted by molar-refractivity contribution is 0.476. The third kappa shape index (κ3) is 4.25. The molecule has 0 aliphatic heterocycles. The Morgan fingerprint density at radius 1 is 1.48 bits per heavy atom. The fraction of sp³-hybridized carbons (Fsp3) is 0.375. The zero-order chi connectivity index (χ0) is 17.6. The van der Waals surface area contributed by atoms with Gasteiger partial charge in [-0.1, -0.05) is 0 Å². The van der Waals surface area contributed by atoms with Gasteiger partial charge in [0.05, 0.1) is 12.5 Å². The summed E-state index contributed by atoms with van der Waals surface area (Å²) in [5, 5.41) is 14.6. The molecule has 0 atom stereocenters. The summed E-state index contributed by atoms with van der Waals surface area (Å²) in [6, 6.07) is 3.65. The Morgan fingerprint density at radius 3 is 3.04 bits per heavy atom. The van der Waals surface area contributed by atoms with Crippen LogP contribution in [0.3, 0.4) is 0 Å². The molecule has 0 spiro atoms. The number of furan rings is 1. The molecule has 0 bridgehead atoms. The van der Waals surface area contributed by atoms with E-state index in [1.807, 2.05) is 43.5 Å². The molecular formula is C16H22N8O. The maximum atomic E-state index is 5.29. The van der Waals surface area contributed by atoms with Gasteiger partial charge in [0, 0.05) is 52.4 Å². The fourth-order valence-electron chi connectivity index (χ4n) is 2.50. The first-order chi connectivity index (χ1) is 12.2. The van der Waals surface area contributed by atoms with Crippen molar-refractivity contribution in [3.63, 3.8) is 0 Å². The normalized spacial score (nSPS) is 11.7. The maximum absolute atomic E-state index is 5.29. The predicted molar refractivity (Wildman–Crippen MR) is 93.8 cm³/mol. The van der Waals surface area contributed by atoms with Crippen LogP contribution in [0.2, 0.25) is 0 Å². The number of nitrogens with one attached hydrogen (secondary N) is 2. The van der Waals surface area contributed by atoms with E-state index in [2.05, 4.69) is 30.6 Å². The van der Waals surface area contributed by atoms with Gasteiger partial charge in [0.1, 0.15) is 5.82 Å². The van der Waals surface area contributed by atoms with Crippen LogP contribution in [0, 0.1) is 0 Å². The Bertz CT molecular complexity index is 817. The van der Waals surface area contributed by atoms with Crippen LogP contribution in [0.5, 0.6) is 0 Å². The van der Waals surface area contributed by atoms with Crippen LogP contribution in [-0.4, -0.2) is 56.5 Å². The van der Waals surface area contributed by atoms with E-state index in [-0.39, 0.29) is 0 Å². The van der Waals surface area contributed by atoms with Crippen LogP contribution in [0.1, 0.15) is 11.4 Å². The van der Waals surface area contributed by atoms with Crippen molar-refractivity contribution < 1.29 is 4.42 Å². The summed E-state index contributed by atoms with van der Waals surface area (Å²) in [6.45, 7) is 1.43. The number of aliphatic imine (C=N–C) groups is 1. The monoisotopic (exact) mass is 342 g/mol. The average molecular weight is 342 g/mol. The molecule has 0 fully saturated rings. The standard InChI is InChI=1S/C16H22N8O/c1-17-16(23(2)10-12-9-19-24(3)11-12)18-7-6-14-20-15(22-21-14)13-5-4-8-25-13/h4-5,8-9,11H,6-7,10H2,1-3H3,(H,17,18)(H,20,21,22). The van der Waals surface area contributed by atoms with Crippen molar-refractivity contribution in [3.05, 3.63) is 42.2 Å². The van der Waals surface area contributed by atoms with Crippen molar-refractivity contribution in [1.82, 2.24) is 35.2 Å². The van der Waals surface area contributed by atoms with E-state index in [9.17, 15) is 0 Å². The van der Waals surface area contributed by atoms with Crippen molar-refractivity contribution in [1.29, 1.82) is 0 Å². The number of guanidine groups is 1. The van der Waals surface area contributed by atoms with Gasteiger partial charge in [-0.05, 0) is 12.1 Å². The lowest BCUT2D eigenvalue weighted by atomic mass is 10.3. The molecule has 9 heteroatoms. The molecule has 0 unspecified atom stereocenters. The average Bonchev–Trinajstić information content (AvgIpc) is 3.33. The number of rotatable bonds is 6. The number of aromatic amines is 1. The summed E-state index contributed by atoms with van der Waals surface area (Å²) in [6.07, 6.45) is 6.16. The van der Waals surface area contributed by atoms with Crippen LogP contribution in [0.25, 0.3) is 11.6 Å². The van der Waals surface area contributed by atoms with E-state index < -0.39 is 0 Å². The molecule has 3 aromatic heterocycles. The Morgan fingerprint density at radius 2 is 2.36 bits per heavy atom. The zero-order valence-corrected chi connectivity index (χ0v) is 14.6. The van der Waals surface area contributed by atoms with Crippen molar-refractivity contribution in [2.24, 2.45) is 12.0 Å². The number of H-pyrrole nitrogens is 1. The highest BCUT2D eigenvalue weighted by molar-refractivity contribution is 5.79. The minimum Gasteiger partial charge on any atom is -0.461 e. The second kappa shape index (κ2) is 7.65. The van der Waals surface area contributed by atoms with Crippen molar-refractivity contribution in [3.8, 4) is 11.6 Å². The largest absolute Gasteiger partial charge is 0.461 e. The lowest BCUT2D eigenvalue weighted by Gasteiger charge is -2.21. The molecule has 25 heavy (non-hydrogen) atoms. The fourth-order valence-corrected chi connectivity index (χ4v) is 2.50. The van der Waals surface area contributed by atoms with E-state index in [1.54, 1.807) is 18.0 Å². The van der Waals surface area contributed by atoms with Gasteiger partial charge in [-0.25, -0.2) is 4.98 Å². The highest BCUT2D eigenvalue weighted by Gasteiger charge is 2.10. The van der Waals surface area contributed by atoms with E-state index in [0.29, 0.717) is 24.6 Å². The van der Waals surface area contributed by atoms with E-state index in [4.69, 9.17) is 4.42 Å². The zero-order valence-electron chi connectivity index (χ0n) is 14.6. The van der Waals surface area contributed by atoms with Gasteiger partial charge in [-0.3, -0.25) is 14.8 Å². The summed E-state index contributed by atoms with van der Waals surface area (Å²) in [4.78, 5) is 10.8. The first kappa shape index (κ1) is 16.7. The molecule has 0 amide bonds. The molecule has 3 aromatic rings. The number of hydrogen-bond donors (Lipinski definition) is 2. The van der Waals surface area contributed by atoms with E-state index in [0.717, 1.165) is 23.9 Å². The number of nitrogens with zero attached hydrogens (tertiary/aromatic N) is 6. The van der Waals surface area contributed by atoms with Crippen LogP contribution >= 0.6 is 0 Å².